The van der Waals surface area contributed by atoms with Gasteiger partial charge in [-0.25, -0.2) is 9.59 Å². The Morgan fingerprint density at radius 2 is 1.61 bits per heavy atom. The van der Waals surface area contributed by atoms with E-state index >= 15 is 0 Å². The summed E-state index contributed by atoms with van der Waals surface area (Å²) in [6.45, 7) is 3.46. The SMILES string of the molecule is C[C@]12CCC(=O)C=C1CC[C@@H]1[C@@H]2[C@@H](O)C[C@@]2(C)[C@H]1CC[C@]2(O)C(=O)CO.O=C(O)C(O)C(O)C(=O)O. The van der Waals surface area contributed by atoms with E-state index < -0.39 is 53.7 Å². The summed E-state index contributed by atoms with van der Waals surface area (Å²) in [6.07, 6.45) is 1.20. The number of allylic oxidation sites excluding steroid dienone is 1. The van der Waals surface area contributed by atoms with Crippen LogP contribution in [0.25, 0.3) is 0 Å². The van der Waals surface area contributed by atoms with Gasteiger partial charge in [0.2, 0.25) is 0 Å². The first-order valence-electron chi connectivity index (χ1n) is 12.2. The minimum atomic E-state index is -2.27. The molecular formula is C25H36O11. The molecule has 0 bridgehead atoms. The van der Waals surface area contributed by atoms with E-state index in [1.54, 1.807) is 6.08 Å². The van der Waals surface area contributed by atoms with Gasteiger partial charge in [0.1, 0.15) is 12.2 Å². The van der Waals surface area contributed by atoms with Gasteiger partial charge in [-0.15, -0.1) is 0 Å². The number of aliphatic hydroxyl groups excluding tert-OH is 4. The highest BCUT2D eigenvalue weighted by Gasteiger charge is 2.68. The molecule has 0 aromatic heterocycles. The molecule has 0 saturated heterocycles. The lowest BCUT2D eigenvalue weighted by atomic mass is 9.45. The van der Waals surface area contributed by atoms with Crippen molar-refractivity contribution in [3.05, 3.63) is 11.6 Å². The molecule has 4 rings (SSSR count). The summed E-state index contributed by atoms with van der Waals surface area (Å²) >= 11 is 0. The van der Waals surface area contributed by atoms with Crippen LogP contribution in [-0.4, -0.2) is 89.8 Å². The largest absolute Gasteiger partial charge is 0.479 e. The number of Topliss-reactive ketones (excluding diaryl/α,β-unsaturated/α-hetero) is 1. The number of carboxylic acid groups (broad SMARTS) is 2. The molecule has 11 nitrogen and oxygen atoms in total. The molecule has 0 aliphatic heterocycles. The lowest BCUT2D eigenvalue weighted by molar-refractivity contribution is -0.182. The van der Waals surface area contributed by atoms with Crippen molar-refractivity contribution < 1.29 is 54.9 Å². The molecule has 0 amide bonds. The number of hydrogen-bond acceptors (Lipinski definition) is 9. The minimum absolute atomic E-state index is 0.0697. The Balaban J connectivity index is 0.000000308. The lowest BCUT2D eigenvalue weighted by Crippen LogP contribution is -2.62. The van der Waals surface area contributed by atoms with Crippen LogP contribution in [0.15, 0.2) is 11.6 Å². The van der Waals surface area contributed by atoms with Crippen molar-refractivity contribution in [3.8, 4) is 0 Å². The summed E-state index contributed by atoms with van der Waals surface area (Å²) in [7, 11) is 0. The topological polar surface area (TPSA) is 210 Å². The van der Waals surface area contributed by atoms with E-state index in [0.717, 1.165) is 25.7 Å². The third kappa shape index (κ3) is 4.41. The van der Waals surface area contributed by atoms with Crippen LogP contribution < -0.4 is 0 Å². The van der Waals surface area contributed by atoms with Gasteiger partial charge in [0.05, 0.1) is 6.10 Å². The summed E-state index contributed by atoms with van der Waals surface area (Å²) < 4.78 is 0. The second kappa shape index (κ2) is 9.94. The Morgan fingerprint density at radius 3 is 2.14 bits per heavy atom. The van der Waals surface area contributed by atoms with Crippen molar-refractivity contribution in [3.63, 3.8) is 0 Å². The normalized spacial score (nSPS) is 40.9. The molecule has 3 saturated carbocycles. The number of carbonyl (C=O) groups is 4. The number of rotatable bonds is 5. The molecule has 36 heavy (non-hydrogen) atoms. The van der Waals surface area contributed by atoms with E-state index in [0.29, 0.717) is 19.3 Å². The van der Waals surface area contributed by atoms with Crippen LogP contribution in [0.2, 0.25) is 0 Å². The number of fused-ring (bicyclic) bond motifs is 5. The van der Waals surface area contributed by atoms with Crippen LogP contribution in [0.1, 0.15) is 58.8 Å². The fourth-order valence-electron chi connectivity index (χ4n) is 7.55. The van der Waals surface area contributed by atoms with Gasteiger partial charge in [0.15, 0.2) is 23.8 Å². The van der Waals surface area contributed by atoms with Gasteiger partial charge in [-0.3, -0.25) is 9.59 Å². The molecule has 4 aliphatic rings. The van der Waals surface area contributed by atoms with E-state index in [1.807, 2.05) is 6.92 Å². The summed E-state index contributed by atoms with van der Waals surface area (Å²) in [5.41, 5.74) is -1.23. The molecule has 7 N–H and O–H groups in total. The van der Waals surface area contributed by atoms with Crippen LogP contribution in [0.4, 0.5) is 0 Å². The van der Waals surface area contributed by atoms with E-state index in [9.17, 15) is 34.5 Å². The van der Waals surface area contributed by atoms with Crippen molar-refractivity contribution in [2.45, 2.75) is 82.7 Å². The monoisotopic (exact) mass is 512 g/mol. The van der Waals surface area contributed by atoms with Crippen LogP contribution in [0, 0.1) is 28.6 Å². The van der Waals surface area contributed by atoms with E-state index in [-0.39, 0.29) is 29.0 Å². The van der Waals surface area contributed by atoms with E-state index in [4.69, 9.17) is 20.4 Å². The van der Waals surface area contributed by atoms with E-state index in [2.05, 4.69) is 6.92 Å². The van der Waals surface area contributed by atoms with Gasteiger partial charge < -0.3 is 35.7 Å². The number of hydrogen-bond donors (Lipinski definition) is 7. The van der Waals surface area contributed by atoms with Gasteiger partial charge >= 0.3 is 11.9 Å². The maximum atomic E-state index is 12.4. The second-order valence-corrected chi connectivity index (χ2v) is 11.1. The van der Waals surface area contributed by atoms with E-state index in [1.165, 1.54) is 5.57 Å². The number of carboxylic acids is 2. The highest BCUT2D eigenvalue weighted by molar-refractivity contribution is 5.92. The smallest absolute Gasteiger partial charge is 0.335 e. The Hall–Kier alpha value is -2.18. The molecule has 0 aromatic rings. The second-order valence-electron chi connectivity index (χ2n) is 11.1. The van der Waals surface area contributed by atoms with Gasteiger partial charge in [0.25, 0.3) is 0 Å². The molecule has 0 spiro atoms. The lowest BCUT2D eigenvalue weighted by Gasteiger charge is -2.60. The van der Waals surface area contributed by atoms with Crippen molar-refractivity contribution in [2.24, 2.45) is 28.6 Å². The first-order valence-corrected chi connectivity index (χ1v) is 12.2. The zero-order valence-corrected chi connectivity index (χ0v) is 20.5. The van der Waals surface area contributed by atoms with Gasteiger partial charge in [-0.1, -0.05) is 19.4 Å². The Bertz CT molecular complexity index is 942. The van der Waals surface area contributed by atoms with Crippen LogP contribution in [-0.2, 0) is 19.2 Å². The predicted octanol–water partition coefficient (Wildman–Crippen LogP) is -0.341. The van der Waals surface area contributed by atoms with Crippen molar-refractivity contribution in [2.75, 3.05) is 6.61 Å². The standard InChI is InChI=1S/C21H30O5.C4H6O6/c1-19-7-5-13(23)9-12(19)3-4-14-15-6-8-21(26,17(25)11-22)20(15,2)10-16(24)18(14)19;5-1(3(7)8)2(6)4(9)10/h9,14-16,18,22,24,26H,3-8,10-11H2,1-2H3;1-2,5-6H,(H,7,8)(H,9,10)/t14-,15-,16-,18+,19-,20-,21-;/m0./s1. The quantitative estimate of drug-likeness (QED) is 0.253. The van der Waals surface area contributed by atoms with Crippen molar-refractivity contribution >= 4 is 23.5 Å². The molecule has 0 heterocycles. The third-order valence-electron chi connectivity index (χ3n) is 9.46. The number of aliphatic carboxylic acids is 2. The van der Waals surface area contributed by atoms with Crippen LogP contribution >= 0.6 is 0 Å². The molecule has 2 unspecified atom stereocenters. The van der Waals surface area contributed by atoms with Gasteiger partial charge in [-0.2, -0.15) is 0 Å². The van der Waals surface area contributed by atoms with Crippen LogP contribution in [0.3, 0.4) is 0 Å². The molecule has 202 valence electrons. The predicted molar refractivity (Wildman–Crippen MR) is 122 cm³/mol. The number of carbonyl (C=O) groups excluding carboxylic acids is 2. The molecule has 3 fully saturated rings. The molecule has 0 radical (unpaired) electrons. The molecule has 0 aromatic carbocycles. The maximum Gasteiger partial charge on any atom is 0.335 e. The third-order valence-corrected chi connectivity index (χ3v) is 9.46. The maximum absolute atomic E-state index is 12.4. The average molecular weight is 513 g/mol. The Kier molecular flexibility index (Phi) is 7.84. The van der Waals surface area contributed by atoms with Gasteiger partial charge in [-0.05, 0) is 67.8 Å². The fraction of sp³-hybridized carbons (Fsp3) is 0.760. The summed E-state index contributed by atoms with van der Waals surface area (Å²) in [4.78, 5) is 43.8. The Labute approximate surface area is 208 Å². The van der Waals surface area contributed by atoms with Crippen molar-refractivity contribution in [1.82, 2.24) is 0 Å². The number of ketones is 2. The highest BCUT2D eigenvalue weighted by atomic mass is 16.4. The average Bonchev–Trinajstić information content (AvgIpc) is 3.09. The summed E-state index contributed by atoms with van der Waals surface area (Å²) in [5.74, 6) is -3.40. The van der Waals surface area contributed by atoms with Crippen LogP contribution in [0.5, 0.6) is 0 Å². The summed E-state index contributed by atoms with van der Waals surface area (Å²) in [6, 6.07) is 0. The number of aliphatic hydroxyl groups is 5. The molecular weight excluding hydrogens is 476 g/mol. The minimum Gasteiger partial charge on any atom is -0.479 e. The molecule has 9 atom stereocenters. The van der Waals surface area contributed by atoms with Crippen molar-refractivity contribution in [1.29, 1.82) is 0 Å². The van der Waals surface area contributed by atoms with Gasteiger partial charge in [0, 0.05) is 11.8 Å². The first-order chi connectivity index (χ1) is 16.6. The molecule has 11 heteroatoms. The highest BCUT2D eigenvalue weighted by Crippen LogP contribution is 2.67. The zero-order valence-electron chi connectivity index (χ0n) is 20.5. The molecule has 4 aliphatic carbocycles. The fourth-order valence-corrected chi connectivity index (χ4v) is 7.55. The first kappa shape index (κ1) is 28.4. The Morgan fingerprint density at radius 1 is 1.03 bits per heavy atom. The zero-order chi connectivity index (χ0) is 27.2. The summed E-state index contributed by atoms with van der Waals surface area (Å²) in [5, 5.41) is 64.3.